The lowest BCUT2D eigenvalue weighted by Gasteiger charge is -2.24. The van der Waals surface area contributed by atoms with Crippen molar-refractivity contribution in [1.29, 1.82) is 0 Å². The van der Waals surface area contributed by atoms with E-state index in [1.165, 1.54) is 23.5 Å². The summed E-state index contributed by atoms with van der Waals surface area (Å²) in [6, 6.07) is 13.2. The Morgan fingerprint density at radius 2 is 1.92 bits per heavy atom. The van der Waals surface area contributed by atoms with Gasteiger partial charge in [-0.05, 0) is 36.6 Å². The lowest BCUT2D eigenvalue weighted by molar-refractivity contribution is 0.0693. The lowest BCUT2D eigenvalue weighted by Crippen LogP contribution is -2.30. The summed E-state index contributed by atoms with van der Waals surface area (Å²) in [6.45, 7) is 0.413. The summed E-state index contributed by atoms with van der Waals surface area (Å²) in [7, 11) is -2.45. The second-order valence-electron chi connectivity index (χ2n) is 5.85. The van der Waals surface area contributed by atoms with E-state index < -0.39 is 16.0 Å². The Morgan fingerprint density at radius 1 is 1.20 bits per heavy atom. The van der Waals surface area contributed by atoms with E-state index in [0.29, 0.717) is 6.54 Å². The molecule has 0 bridgehead atoms. The smallest absolute Gasteiger partial charge is 0.339 e. The molecule has 0 saturated carbocycles. The SMILES string of the molecule is COc1ccc(S(=O)(=O)N2CCCC2c2ccccc2)cc1C(=O)O. The third-order valence-electron chi connectivity index (χ3n) is 4.40. The third-order valence-corrected chi connectivity index (χ3v) is 6.30. The number of methoxy groups -OCH3 is 1. The lowest BCUT2D eigenvalue weighted by atomic mass is 10.1. The Balaban J connectivity index is 2.01. The van der Waals surface area contributed by atoms with Gasteiger partial charge in [0, 0.05) is 6.54 Å². The van der Waals surface area contributed by atoms with Crippen LogP contribution in [0.15, 0.2) is 53.4 Å². The minimum Gasteiger partial charge on any atom is -0.496 e. The molecule has 0 aliphatic carbocycles. The van der Waals surface area contributed by atoms with Crippen LogP contribution in [0.4, 0.5) is 0 Å². The van der Waals surface area contributed by atoms with Crippen LogP contribution in [0.5, 0.6) is 5.75 Å². The Hall–Kier alpha value is -2.38. The molecule has 6 nitrogen and oxygen atoms in total. The summed E-state index contributed by atoms with van der Waals surface area (Å²) >= 11 is 0. The van der Waals surface area contributed by atoms with E-state index in [1.54, 1.807) is 0 Å². The van der Waals surface area contributed by atoms with Crippen molar-refractivity contribution in [3.63, 3.8) is 0 Å². The number of rotatable bonds is 5. The van der Waals surface area contributed by atoms with Gasteiger partial charge in [-0.2, -0.15) is 4.31 Å². The van der Waals surface area contributed by atoms with Gasteiger partial charge in [-0.25, -0.2) is 13.2 Å². The van der Waals surface area contributed by atoms with Gasteiger partial charge >= 0.3 is 5.97 Å². The number of hydrogen-bond acceptors (Lipinski definition) is 4. The highest BCUT2D eigenvalue weighted by atomic mass is 32.2. The zero-order valence-electron chi connectivity index (χ0n) is 13.8. The van der Waals surface area contributed by atoms with Crippen LogP contribution in [0.25, 0.3) is 0 Å². The van der Waals surface area contributed by atoms with Gasteiger partial charge < -0.3 is 9.84 Å². The Morgan fingerprint density at radius 3 is 2.56 bits per heavy atom. The fourth-order valence-electron chi connectivity index (χ4n) is 3.19. The van der Waals surface area contributed by atoms with Crippen LogP contribution in [0, 0.1) is 0 Å². The van der Waals surface area contributed by atoms with Crippen LogP contribution in [-0.2, 0) is 10.0 Å². The molecule has 1 heterocycles. The molecule has 0 amide bonds. The summed E-state index contributed by atoms with van der Waals surface area (Å²) in [5, 5.41) is 9.29. The number of carboxylic acids is 1. The highest BCUT2D eigenvalue weighted by molar-refractivity contribution is 7.89. The predicted molar refractivity (Wildman–Crippen MR) is 92.3 cm³/mol. The Kier molecular flexibility index (Phi) is 4.78. The summed E-state index contributed by atoms with van der Waals surface area (Å²) in [5.41, 5.74) is 0.773. The van der Waals surface area contributed by atoms with Gasteiger partial charge in [0.1, 0.15) is 11.3 Å². The van der Waals surface area contributed by atoms with Crippen molar-refractivity contribution in [2.24, 2.45) is 0 Å². The molecule has 0 aromatic heterocycles. The first-order valence-corrected chi connectivity index (χ1v) is 9.37. The van der Waals surface area contributed by atoms with Crippen LogP contribution in [-0.4, -0.2) is 37.5 Å². The van der Waals surface area contributed by atoms with Crippen LogP contribution in [0.3, 0.4) is 0 Å². The van der Waals surface area contributed by atoms with Gasteiger partial charge in [-0.3, -0.25) is 0 Å². The maximum atomic E-state index is 13.1. The number of ether oxygens (including phenoxy) is 1. The third kappa shape index (κ3) is 3.25. The van der Waals surface area contributed by atoms with Crippen molar-refractivity contribution in [3.05, 3.63) is 59.7 Å². The molecular formula is C18H19NO5S. The number of nitrogens with zero attached hydrogens (tertiary/aromatic N) is 1. The van der Waals surface area contributed by atoms with E-state index in [1.807, 2.05) is 30.3 Å². The maximum Gasteiger partial charge on any atom is 0.339 e. The fourth-order valence-corrected chi connectivity index (χ4v) is 4.90. The predicted octanol–water partition coefficient (Wildman–Crippen LogP) is 2.92. The molecule has 25 heavy (non-hydrogen) atoms. The van der Waals surface area contributed by atoms with E-state index in [-0.39, 0.29) is 22.3 Å². The van der Waals surface area contributed by atoms with Crippen LogP contribution in [0.2, 0.25) is 0 Å². The van der Waals surface area contributed by atoms with Crippen molar-refractivity contribution in [1.82, 2.24) is 4.31 Å². The van der Waals surface area contributed by atoms with E-state index in [4.69, 9.17) is 4.74 Å². The first kappa shape index (κ1) is 17.4. The average Bonchev–Trinajstić information content (AvgIpc) is 3.12. The summed E-state index contributed by atoms with van der Waals surface area (Å²) in [4.78, 5) is 11.3. The summed E-state index contributed by atoms with van der Waals surface area (Å²) in [6.07, 6.45) is 1.51. The highest BCUT2D eigenvalue weighted by Crippen LogP contribution is 2.37. The molecule has 2 aromatic rings. The zero-order valence-corrected chi connectivity index (χ0v) is 14.6. The summed E-state index contributed by atoms with van der Waals surface area (Å²) < 4.78 is 32.6. The van der Waals surface area contributed by atoms with E-state index in [0.717, 1.165) is 24.5 Å². The van der Waals surface area contributed by atoms with Gasteiger partial charge in [-0.15, -0.1) is 0 Å². The first-order valence-electron chi connectivity index (χ1n) is 7.93. The maximum absolute atomic E-state index is 13.1. The standard InChI is InChI=1S/C18H19NO5S/c1-24-17-10-9-14(12-15(17)18(20)21)25(22,23)19-11-5-8-16(19)13-6-3-2-4-7-13/h2-4,6-7,9-10,12,16H,5,8,11H2,1H3,(H,20,21). The average molecular weight is 361 g/mol. The molecule has 1 fully saturated rings. The molecule has 132 valence electrons. The van der Waals surface area contributed by atoms with Crippen molar-refractivity contribution in [3.8, 4) is 5.75 Å². The van der Waals surface area contributed by atoms with Crippen LogP contribution < -0.4 is 4.74 Å². The molecule has 7 heteroatoms. The molecule has 1 N–H and O–H groups in total. The van der Waals surface area contributed by atoms with Gasteiger partial charge in [0.15, 0.2) is 0 Å². The minimum atomic E-state index is -3.80. The van der Waals surface area contributed by atoms with Crippen molar-refractivity contribution in [2.75, 3.05) is 13.7 Å². The molecule has 3 rings (SSSR count). The van der Waals surface area contributed by atoms with Gasteiger partial charge in [0.05, 0.1) is 18.0 Å². The van der Waals surface area contributed by atoms with Crippen molar-refractivity contribution in [2.45, 2.75) is 23.8 Å². The number of carboxylic acid groups (broad SMARTS) is 1. The van der Waals surface area contributed by atoms with Gasteiger partial charge in [0.2, 0.25) is 10.0 Å². The molecule has 2 aromatic carbocycles. The van der Waals surface area contributed by atoms with Crippen molar-refractivity contribution < 1.29 is 23.1 Å². The highest BCUT2D eigenvalue weighted by Gasteiger charge is 2.36. The number of carbonyl (C=O) groups is 1. The molecule has 1 aliphatic heterocycles. The molecule has 0 radical (unpaired) electrons. The quantitative estimate of drug-likeness (QED) is 0.885. The molecule has 1 saturated heterocycles. The number of hydrogen-bond donors (Lipinski definition) is 1. The normalized spacial score (nSPS) is 18.2. The second-order valence-corrected chi connectivity index (χ2v) is 7.74. The summed E-state index contributed by atoms with van der Waals surface area (Å²) in [5.74, 6) is -1.09. The minimum absolute atomic E-state index is 0.0338. The van der Waals surface area contributed by atoms with Crippen molar-refractivity contribution >= 4 is 16.0 Å². The first-order chi connectivity index (χ1) is 11.9. The van der Waals surface area contributed by atoms with E-state index in [2.05, 4.69) is 0 Å². The van der Waals surface area contributed by atoms with Gasteiger partial charge in [0.25, 0.3) is 0 Å². The molecular weight excluding hydrogens is 342 g/mol. The van der Waals surface area contributed by atoms with E-state index >= 15 is 0 Å². The fraction of sp³-hybridized carbons (Fsp3) is 0.278. The Labute approximate surface area is 146 Å². The number of sulfonamides is 1. The molecule has 1 aliphatic rings. The van der Waals surface area contributed by atoms with Crippen LogP contribution >= 0.6 is 0 Å². The number of benzene rings is 2. The van der Waals surface area contributed by atoms with Gasteiger partial charge in [-0.1, -0.05) is 30.3 Å². The monoisotopic (exact) mass is 361 g/mol. The largest absolute Gasteiger partial charge is 0.496 e. The zero-order chi connectivity index (χ0) is 18.0. The van der Waals surface area contributed by atoms with Crippen LogP contribution in [0.1, 0.15) is 34.8 Å². The molecule has 1 atom stereocenters. The molecule has 0 spiro atoms. The number of aromatic carboxylic acids is 1. The Bertz CT molecular complexity index is 880. The molecule has 1 unspecified atom stereocenters. The topological polar surface area (TPSA) is 83.9 Å². The van der Waals surface area contributed by atoms with E-state index in [9.17, 15) is 18.3 Å². The second kappa shape index (κ2) is 6.85.